The zero-order chi connectivity index (χ0) is 13.8. The Labute approximate surface area is 112 Å². The molecular weight excluding hydrogens is 271 g/mol. The van der Waals surface area contributed by atoms with Gasteiger partial charge in [0.1, 0.15) is 17.2 Å². The largest absolute Gasteiger partial charge is 0.481 e. The van der Waals surface area contributed by atoms with Crippen LogP contribution in [0.25, 0.3) is 5.69 Å². The van der Waals surface area contributed by atoms with Gasteiger partial charge in [0.25, 0.3) is 0 Å². The molecule has 0 bridgehead atoms. The number of aliphatic hydroxyl groups excluding tert-OH is 1. The quantitative estimate of drug-likeness (QED) is 0.816. The monoisotopic (exact) mass is 282 g/mol. The lowest BCUT2D eigenvalue weighted by molar-refractivity contribution is -0.133. The molecular formula is C12H11FN2O3S. The zero-order valence-electron chi connectivity index (χ0n) is 9.78. The first kappa shape index (κ1) is 13.6. The molecule has 0 unspecified atom stereocenters. The Bertz CT molecular complexity index is 583. The summed E-state index contributed by atoms with van der Waals surface area (Å²) in [5.74, 6) is -1.44. The molecule has 0 atom stereocenters. The Morgan fingerprint density at radius 2 is 2.05 bits per heavy atom. The van der Waals surface area contributed by atoms with Crippen LogP contribution < -0.4 is 0 Å². The average molecular weight is 282 g/mol. The number of thioether (sulfide) groups is 1. The van der Waals surface area contributed by atoms with E-state index in [-0.39, 0.29) is 18.2 Å². The van der Waals surface area contributed by atoms with Gasteiger partial charge in [0.15, 0.2) is 0 Å². The fraction of sp³-hybridized carbons (Fsp3) is 0.167. The van der Waals surface area contributed by atoms with Crippen LogP contribution in [-0.4, -0.2) is 31.5 Å². The van der Waals surface area contributed by atoms with Gasteiger partial charge < -0.3 is 10.2 Å². The molecule has 0 saturated heterocycles. The lowest BCUT2D eigenvalue weighted by atomic mass is 10.3. The summed E-state index contributed by atoms with van der Waals surface area (Å²) in [5.41, 5.74) is 1.14. The van der Waals surface area contributed by atoms with Gasteiger partial charge in [-0.05, 0) is 24.3 Å². The number of aromatic nitrogens is 2. The number of rotatable bonds is 5. The maximum Gasteiger partial charge on any atom is 0.313 e. The van der Waals surface area contributed by atoms with Crippen molar-refractivity contribution in [3.05, 3.63) is 42.1 Å². The van der Waals surface area contributed by atoms with Gasteiger partial charge in [-0.25, -0.2) is 9.37 Å². The molecule has 19 heavy (non-hydrogen) atoms. The number of imidazole rings is 1. The molecule has 0 fully saturated rings. The maximum absolute atomic E-state index is 12.9. The molecule has 1 aromatic heterocycles. The molecule has 100 valence electrons. The second-order valence-corrected chi connectivity index (χ2v) is 4.65. The minimum Gasteiger partial charge on any atom is -0.481 e. The second kappa shape index (κ2) is 5.85. The molecule has 1 heterocycles. The van der Waals surface area contributed by atoms with Crippen LogP contribution in [0.3, 0.4) is 0 Å². The van der Waals surface area contributed by atoms with Crippen molar-refractivity contribution in [2.45, 2.75) is 11.6 Å². The Hall–Kier alpha value is -1.86. The lowest BCUT2D eigenvalue weighted by Gasteiger charge is -2.07. The van der Waals surface area contributed by atoms with Crippen LogP contribution in [0.15, 0.2) is 35.6 Å². The first-order valence-electron chi connectivity index (χ1n) is 5.39. The normalized spacial score (nSPS) is 10.6. The molecule has 2 rings (SSSR count). The van der Waals surface area contributed by atoms with E-state index in [1.807, 2.05) is 0 Å². The molecule has 0 saturated carbocycles. The first-order chi connectivity index (χ1) is 9.11. The highest BCUT2D eigenvalue weighted by Crippen LogP contribution is 2.24. The highest BCUT2D eigenvalue weighted by molar-refractivity contribution is 7.99. The summed E-state index contributed by atoms with van der Waals surface area (Å²) in [7, 11) is 0. The summed E-state index contributed by atoms with van der Waals surface area (Å²) in [5, 5.41) is 18.5. The summed E-state index contributed by atoms with van der Waals surface area (Å²) in [4.78, 5) is 14.6. The molecule has 0 aliphatic rings. The van der Waals surface area contributed by atoms with Crippen molar-refractivity contribution in [3.63, 3.8) is 0 Å². The van der Waals surface area contributed by atoms with Gasteiger partial charge in [-0.2, -0.15) is 0 Å². The third kappa shape index (κ3) is 3.12. The standard InChI is InChI=1S/C12H11FN2O3S/c13-8-1-3-9(4-2-8)15-7-14-12(10(15)5-16)19-6-11(17)18/h1-4,7,16H,5-6H2,(H,17,18). The predicted molar refractivity (Wildman–Crippen MR) is 67.8 cm³/mol. The molecule has 0 amide bonds. The van der Waals surface area contributed by atoms with Crippen LogP contribution in [0.1, 0.15) is 5.69 Å². The summed E-state index contributed by atoms with van der Waals surface area (Å²) in [6.45, 7) is -0.278. The van der Waals surface area contributed by atoms with Gasteiger partial charge in [-0.3, -0.25) is 9.36 Å². The number of aliphatic hydroxyl groups is 1. The van der Waals surface area contributed by atoms with Crippen molar-refractivity contribution in [1.29, 1.82) is 0 Å². The SMILES string of the molecule is O=C(O)CSc1ncn(-c2ccc(F)cc2)c1CO. The van der Waals surface area contributed by atoms with Gasteiger partial charge in [0.2, 0.25) is 0 Å². The number of hydrogen-bond donors (Lipinski definition) is 2. The molecule has 0 aliphatic carbocycles. The fourth-order valence-corrected chi connectivity index (χ4v) is 2.29. The number of carboxylic acids is 1. The molecule has 2 aromatic rings. The van der Waals surface area contributed by atoms with Gasteiger partial charge in [0, 0.05) is 5.69 Å². The highest BCUT2D eigenvalue weighted by atomic mass is 32.2. The van der Waals surface area contributed by atoms with Crippen molar-refractivity contribution >= 4 is 17.7 Å². The average Bonchev–Trinajstić information content (AvgIpc) is 2.80. The number of carbonyl (C=O) groups is 1. The number of carboxylic acid groups (broad SMARTS) is 1. The minimum absolute atomic E-state index is 0.132. The fourth-order valence-electron chi connectivity index (χ4n) is 1.58. The number of aliphatic carboxylic acids is 1. The molecule has 0 aliphatic heterocycles. The number of nitrogens with zero attached hydrogens (tertiary/aromatic N) is 2. The summed E-state index contributed by atoms with van der Waals surface area (Å²) >= 11 is 1.03. The summed E-state index contributed by atoms with van der Waals surface area (Å²) in [6, 6.07) is 5.73. The van der Waals surface area contributed by atoms with Crippen LogP contribution in [0, 0.1) is 5.82 Å². The Balaban J connectivity index is 2.31. The van der Waals surface area contributed by atoms with E-state index in [4.69, 9.17) is 5.11 Å². The Kier molecular flexibility index (Phi) is 4.18. The summed E-state index contributed by atoms with van der Waals surface area (Å²) < 4.78 is 14.5. The van der Waals surface area contributed by atoms with Crippen molar-refractivity contribution in [1.82, 2.24) is 9.55 Å². The topological polar surface area (TPSA) is 75.3 Å². The van der Waals surface area contributed by atoms with E-state index in [9.17, 15) is 14.3 Å². The Morgan fingerprint density at radius 3 is 2.63 bits per heavy atom. The van der Waals surface area contributed by atoms with Gasteiger partial charge in [-0.15, -0.1) is 0 Å². The van der Waals surface area contributed by atoms with Crippen molar-refractivity contribution < 1.29 is 19.4 Å². The van der Waals surface area contributed by atoms with E-state index in [2.05, 4.69) is 4.98 Å². The number of benzene rings is 1. The van der Waals surface area contributed by atoms with E-state index in [1.165, 1.54) is 18.5 Å². The van der Waals surface area contributed by atoms with Gasteiger partial charge in [-0.1, -0.05) is 11.8 Å². The van der Waals surface area contributed by atoms with Gasteiger partial charge in [0.05, 0.1) is 18.1 Å². The molecule has 2 N–H and O–H groups in total. The van der Waals surface area contributed by atoms with Crippen molar-refractivity contribution in [3.8, 4) is 5.69 Å². The van der Waals surface area contributed by atoms with Gasteiger partial charge >= 0.3 is 5.97 Å². The molecule has 7 heteroatoms. The van der Waals surface area contributed by atoms with Crippen LogP contribution in [-0.2, 0) is 11.4 Å². The second-order valence-electron chi connectivity index (χ2n) is 3.68. The first-order valence-corrected chi connectivity index (χ1v) is 6.38. The van der Waals surface area contributed by atoms with Crippen molar-refractivity contribution in [2.24, 2.45) is 0 Å². The van der Waals surface area contributed by atoms with E-state index >= 15 is 0 Å². The highest BCUT2D eigenvalue weighted by Gasteiger charge is 2.13. The zero-order valence-corrected chi connectivity index (χ0v) is 10.6. The van der Waals surface area contributed by atoms with Crippen LogP contribution in [0.5, 0.6) is 0 Å². The third-order valence-corrected chi connectivity index (χ3v) is 3.42. The van der Waals surface area contributed by atoms with E-state index in [1.54, 1.807) is 16.7 Å². The third-order valence-electron chi connectivity index (χ3n) is 2.42. The molecule has 0 spiro atoms. The molecule has 0 radical (unpaired) electrons. The minimum atomic E-state index is -0.953. The number of halogens is 1. The van der Waals surface area contributed by atoms with Crippen molar-refractivity contribution in [2.75, 3.05) is 5.75 Å². The smallest absolute Gasteiger partial charge is 0.313 e. The van der Waals surface area contributed by atoms with Crippen LogP contribution >= 0.6 is 11.8 Å². The van der Waals surface area contributed by atoms with E-state index in [0.717, 1.165) is 11.8 Å². The molecule has 5 nitrogen and oxygen atoms in total. The maximum atomic E-state index is 12.9. The summed E-state index contributed by atoms with van der Waals surface area (Å²) in [6.07, 6.45) is 1.48. The van der Waals surface area contributed by atoms with Crippen LogP contribution in [0.4, 0.5) is 4.39 Å². The Morgan fingerprint density at radius 1 is 1.37 bits per heavy atom. The number of hydrogen-bond acceptors (Lipinski definition) is 4. The predicted octanol–water partition coefficient (Wildman–Crippen LogP) is 1.68. The van der Waals surface area contributed by atoms with Crippen LogP contribution in [0.2, 0.25) is 0 Å². The molecule has 1 aromatic carbocycles. The van der Waals surface area contributed by atoms with E-state index < -0.39 is 5.97 Å². The lowest BCUT2D eigenvalue weighted by Crippen LogP contribution is -2.02. The van der Waals surface area contributed by atoms with E-state index in [0.29, 0.717) is 16.4 Å².